The van der Waals surface area contributed by atoms with Gasteiger partial charge in [-0.15, -0.1) is 0 Å². The average Bonchev–Trinajstić information content (AvgIpc) is 3.09. The summed E-state index contributed by atoms with van der Waals surface area (Å²) in [6.07, 6.45) is 1.99. The highest BCUT2D eigenvalue weighted by Crippen LogP contribution is 2.32. The Morgan fingerprint density at radius 1 is 1.53 bits per heavy atom. The Labute approximate surface area is 119 Å². The van der Waals surface area contributed by atoms with E-state index >= 15 is 0 Å². The van der Waals surface area contributed by atoms with Gasteiger partial charge in [0.15, 0.2) is 0 Å². The number of nitrogens with one attached hydrogen (secondary N) is 1. The van der Waals surface area contributed by atoms with E-state index < -0.39 is 10.0 Å². The molecule has 1 atom stereocenters. The summed E-state index contributed by atoms with van der Waals surface area (Å²) in [6, 6.07) is 2.22. The Kier molecular flexibility index (Phi) is 5.00. The van der Waals surface area contributed by atoms with E-state index in [2.05, 4.69) is 5.32 Å². The second kappa shape index (κ2) is 6.35. The zero-order valence-corrected chi connectivity index (χ0v) is 13.1. The van der Waals surface area contributed by atoms with Crippen LogP contribution in [0.2, 0.25) is 0 Å². The van der Waals surface area contributed by atoms with Gasteiger partial charge in [-0.25, -0.2) is 8.42 Å². The molecule has 1 aromatic rings. The van der Waals surface area contributed by atoms with E-state index in [9.17, 15) is 8.42 Å². The molecule has 19 heavy (non-hydrogen) atoms. The largest absolute Gasteiger partial charge is 0.316 e. The van der Waals surface area contributed by atoms with Crippen LogP contribution in [0.5, 0.6) is 0 Å². The standard InChI is InChI=1S/C13H22N2O2S2/c1-3-14-8-11(2)19(16,17)15(13-4-5-13)9-12-6-7-18-10-12/h6-7,10-11,13-14H,3-5,8-9H2,1-2H3. The fourth-order valence-electron chi connectivity index (χ4n) is 2.04. The quantitative estimate of drug-likeness (QED) is 0.799. The first-order chi connectivity index (χ1) is 9.05. The molecule has 1 fully saturated rings. The minimum Gasteiger partial charge on any atom is -0.316 e. The first-order valence-corrected chi connectivity index (χ1v) is 9.22. The lowest BCUT2D eigenvalue weighted by Gasteiger charge is -2.25. The van der Waals surface area contributed by atoms with Gasteiger partial charge in [-0.05, 0) is 48.7 Å². The monoisotopic (exact) mass is 302 g/mol. The van der Waals surface area contributed by atoms with Crippen LogP contribution in [-0.2, 0) is 16.6 Å². The van der Waals surface area contributed by atoms with E-state index in [1.807, 2.05) is 23.8 Å². The first kappa shape index (κ1) is 15.0. The first-order valence-electron chi connectivity index (χ1n) is 6.78. The third kappa shape index (κ3) is 3.78. The van der Waals surface area contributed by atoms with Crippen molar-refractivity contribution in [2.75, 3.05) is 13.1 Å². The number of hydrogen-bond donors (Lipinski definition) is 1. The normalized spacial score (nSPS) is 17.8. The fourth-order valence-corrected chi connectivity index (χ4v) is 4.44. The topological polar surface area (TPSA) is 49.4 Å². The lowest BCUT2D eigenvalue weighted by molar-refractivity contribution is 0.391. The molecule has 1 aliphatic rings. The maximum atomic E-state index is 12.6. The van der Waals surface area contributed by atoms with Crippen LogP contribution in [0.1, 0.15) is 32.3 Å². The van der Waals surface area contributed by atoms with Crippen molar-refractivity contribution in [1.82, 2.24) is 9.62 Å². The number of rotatable bonds is 8. The van der Waals surface area contributed by atoms with Crippen LogP contribution in [0.4, 0.5) is 0 Å². The van der Waals surface area contributed by atoms with Crippen LogP contribution in [0.3, 0.4) is 0 Å². The van der Waals surface area contributed by atoms with E-state index in [1.165, 1.54) is 0 Å². The molecule has 0 radical (unpaired) electrons. The molecule has 1 unspecified atom stereocenters. The Morgan fingerprint density at radius 2 is 2.26 bits per heavy atom. The number of hydrogen-bond acceptors (Lipinski definition) is 4. The van der Waals surface area contributed by atoms with Gasteiger partial charge < -0.3 is 5.32 Å². The third-order valence-corrected chi connectivity index (χ3v) is 6.39. The summed E-state index contributed by atoms with van der Waals surface area (Å²) in [5.74, 6) is 0. The SMILES string of the molecule is CCNCC(C)S(=O)(=O)N(Cc1ccsc1)C1CC1. The van der Waals surface area contributed by atoms with E-state index in [0.717, 1.165) is 24.9 Å². The molecule has 0 saturated heterocycles. The summed E-state index contributed by atoms with van der Waals surface area (Å²) < 4.78 is 27.0. The maximum Gasteiger partial charge on any atom is 0.218 e. The van der Waals surface area contributed by atoms with E-state index in [4.69, 9.17) is 0 Å². The number of thiophene rings is 1. The number of sulfonamides is 1. The van der Waals surface area contributed by atoms with E-state index in [1.54, 1.807) is 22.6 Å². The van der Waals surface area contributed by atoms with Crippen LogP contribution in [0, 0.1) is 0 Å². The molecule has 1 aliphatic carbocycles. The molecule has 1 aromatic heterocycles. The van der Waals surface area contributed by atoms with Crippen LogP contribution >= 0.6 is 11.3 Å². The second-order valence-electron chi connectivity index (χ2n) is 5.07. The van der Waals surface area contributed by atoms with Crippen LogP contribution < -0.4 is 5.32 Å². The van der Waals surface area contributed by atoms with Crippen molar-refractivity contribution >= 4 is 21.4 Å². The van der Waals surface area contributed by atoms with E-state index in [0.29, 0.717) is 13.1 Å². The van der Waals surface area contributed by atoms with Crippen molar-refractivity contribution in [1.29, 1.82) is 0 Å². The summed E-state index contributed by atoms with van der Waals surface area (Å²) in [5, 5.41) is 6.78. The molecule has 108 valence electrons. The van der Waals surface area contributed by atoms with Crippen molar-refractivity contribution in [3.05, 3.63) is 22.4 Å². The molecule has 6 heteroatoms. The summed E-state index contributed by atoms with van der Waals surface area (Å²) in [6.45, 7) is 5.62. The lowest BCUT2D eigenvalue weighted by Crippen LogP contribution is -2.42. The van der Waals surface area contributed by atoms with Crippen LogP contribution in [0.15, 0.2) is 16.8 Å². The molecule has 2 rings (SSSR count). The van der Waals surface area contributed by atoms with Crippen molar-refractivity contribution in [2.45, 2.75) is 44.5 Å². The lowest BCUT2D eigenvalue weighted by atomic mass is 10.3. The van der Waals surface area contributed by atoms with Crippen molar-refractivity contribution in [3.63, 3.8) is 0 Å². The minimum atomic E-state index is -3.21. The van der Waals surface area contributed by atoms with Gasteiger partial charge in [0, 0.05) is 19.1 Å². The predicted octanol–water partition coefficient (Wildman–Crippen LogP) is 2.04. The van der Waals surface area contributed by atoms with Gasteiger partial charge in [0.25, 0.3) is 0 Å². The highest BCUT2D eigenvalue weighted by molar-refractivity contribution is 7.89. The average molecular weight is 302 g/mol. The summed E-state index contributed by atoms with van der Waals surface area (Å²) in [5.41, 5.74) is 1.09. The zero-order chi connectivity index (χ0) is 13.9. The molecular weight excluding hydrogens is 280 g/mol. The van der Waals surface area contributed by atoms with Crippen LogP contribution in [0.25, 0.3) is 0 Å². The molecule has 1 saturated carbocycles. The van der Waals surface area contributed by atoms with Gasteiger partial charge in [0.2, 0.25) is 10.0 Å². The summed E-state index contributed by atoms with van der Waals surface area (Å²) in [7, 11) is -3.21. The van der Waals surface area contributed by atoms with Crippen molar-refractivity contribution in [3.8, 4) is 0 Å². The molecule has 0 aliphatic heterocycles. The molecule has 0 aromatic carbocycles. The molecule has 0 bridgehead atoms. The Hall–Kier alpha value is -0.430. The molecule has 1 heterocycles. The van der Waals surface area contributed by atoms with Gasteiger partial charge in [-0.3, -0.25) is 0 Å². The molecule has 0 amide bonds. The van der Waals surface area contributed by atoms with Gasteiger partial charge in [0.05, 0.1) is 5.25 Å². The Balaban J connectivity index is 2.09. The summed E-state index contributed by atoms with van der Waals surface area (Å²) in [4.78, 5) is 0. The Morgan fingerprint density at radius 3 is 2.79 bits per heavy atom. The van der Waals surface area contributed by atoms with Gasteiger partial charge in [-0.2, -0.15) is 15.6 Å². The molecule has 4 nitrogen and oxygen atoms in total. The highest BCUT2D eigenvalue weighted by Gasteiger charge is 2.39. The van der Waals surface area contributed by atoms with Crippen molar-refractivity contribution in [2.24, 2.45) is 0 Å². The third-order valence-electron chi connectivity index (χ3n) is 3.39. The van der Waals surface area contributed by atoms with Gasteiger partial charge in [-0.1, -0.05) is 6.92 Å². The molecule has 0 spiro atoms. The Bertz CT molecular complexity index is 481. The maximum absolute atomic E-state index is 12.6. The van der Waals surface area contributed by atoms with Gasteiger partial charge in [0.1, 0.15) is 0 Å². The summed E-state index contributed by atoms with van der Waals surface area (Å²) >= 11 is 1.61. The van der Waals surface area contributed by atoms with Gasteiger partial charge >= 0.3 is 0 Å². The smallest absolute Gasteiger partial charge is 0.218 e. The molecular formula is C13H22N2O2S2. The highest BCUT2D eigenvalue weighted by atomic mass is 32.2. The van der Waals surface area contributed by atoms with E-state index in [-0.39, 0.29) is 11.3 Å². The fraction of sp³-hybridized carbons (Fsp3) is 0.692. The van der Waals surface area contributed by atoms with Crippen LogP contribution in [-0.4, -0.2) is 37.1 Å². The van der Waals surface area contributed by atoms with Crippen molar-refractivity contribution < 1.29 is 8.42 Å². The number of nitrogens with zero attached hydrogens (tertiary/aromatic N) is 1. The predicted molar refractivity (Wildman–Crippen MR) is 79.8 cm³/mol. The zero-order valence-electron chi connectivity index (χ0n) is 11.5. The minimum absolute atomic E-state index is 0.217. The second-order valence-corrected chi connectivity index (χ2v) is 8.15. The molecule has 1 N–H and O–H groups in total.